The summed E-state index contributed by atoms with van der Waals surface area (Å²) in [5, 5.41) is 2.49. The number of carbonyl (C=O) groups is 1. The zero-order chi connectivity index (χ0) is 15.3. The van der Waals surface area contributed by atoms with Crippen molar-refractivity contribution in [2.75, 3.05) is 7.05 Å². The van der Waals surface area contributed by atoms with Crippen molar-refractivity contribution in [3.63, 3.8) is 0 Å². The van der Waals surface area contributed by atoms with Crippen LogP contribution < -0.4 is 0 Å². The Bertz CT molecular complexity index is 870. The van der Waals surface area contributed by atoms with Crippen molar-refractivity contribution in [3.05, 3.63) is 58.3 Å². The van der Waals surface area contributed by atoms with E-state index in [4.69, 9.17) is 11.6 Å². The van der Waals surface area contributed by atoms with Gasteiger partial charge in [0.25, 0.3) is 5.91 Å². The summed E-state index contributed by atoms with van der Waals surface area (Å²) >= 11 is 7.91. The van der Waals surface area contributed by atoms with Crippen LogP contribution in [0.2, 0.25) is 5.02 Å². The zero-order valence-corrected chi connectivity index (χ0v) is 13.4. The molecule has 1 aromatic carbocycles. The van der Waals surface area contributed by atoms with Gasteiger partial charge in [-0.15, -0.1) is 11.3 Å². The summed E-state index contributed by atoms with van der Waals surface area (Å²) in [6.45, 7) is 0.497. The fourth-order valence-corrected chi connectivity index (χ4v) is 3.76. The molecule has 0 saturated heterocycles. The smallest absolute Gasteiger partial charge is 0.257 e. The number of benzene rings is 1. The SMILES string of the molecule is CN1Cc2c(-c3cccs3)ncn2-c2cccc(Cl)c2C1=O. The van der Waals surface area contributed by atoms with Gasteiger partial charge in [-0.3, -0.25) is 9.36 Å². The zero-order valence-electron chi connectivity index (χ0n) is 11.8. The Morgan fingerprint density at radius 3 is 2.91 bits per heavy atom. The van der Waals surface area contributed by atoms with E-state index in [1.165, 1.54) is 0 Å². The lowest BCUT2D eigenvalue weighted by atomic mass is 10.1. The number of amides is 1. The first-order chi connectivity index (χ1) is 10.7. The summed E-state index contributed by atoms with van der Waals surface area (Å²) in [7, 11) is 1.79. The monoisotopic (exact) mass is 329 g/mol. The van der Waals surface area contributed by atoms with Crippen molar-refractivity contribution in [1.82, 2.24) is 14.5 Å². The minimum Gasteiger partial charge on any atom is -0.336 e. The Labute approximate surface area is 136 Å². The van der Waals surface area contributed by atoms with Gasteiger partial charge >= 0.3 is 0 Å². The number of halogens is 1. The number of hydrogen-bond donors (Lipinski definition) is 0. The normalized spacial score (nSPS) is 13.7. The maximum atomic E-state index is 12.6. The lowest BCUT2D eigenvalue weighted by Gasteiger charge is -2.15. The number of nitrogens with zero attached hydrogens (tertiary/aromatic N) is 3. The van der Waals surface area contributed by atoms with E-state index in [9.17, 15) is 4.79 Å². The second-order valence-electron chi connectivity index (χ2n) is 5.18. The molecule has 0 atom stereocenters. The predicted octanol–water partition coefficient (Wildman–Crippen LogP) is 3.84. The van der Waals surface area contributed by atoms with E-state index in [-0.39, 0.29) is 5.91 Å². The molecule has 0 radical (unpaired) electrons. The van der Waals surface area contributed by atoms with Gasteiger partial charge in [-0.2, -0.15) is 0 Å². The number of thiophene rings is 1. The molecule has 0 N–H and O–H groups in total. The lowest BCUT2D eigenvalue weighted by Crippen LogP contribution is -2.25. The molecule has 0 unspecified atom stereocenters. The fourth-order valence-electron chi connectivity index (χ4n) is 2.76. The van der Waals surface area contributed by atoms with Crippen molar-refractivity contribution in [3.8, 4) is 16.3 Å². The van der Waals surface area contributed by atoms with Crippen LogP contribution in [-0.2, 0) is 6.54 Å². The Hall–Kier alpha value is -2.11. The molecule has 4 rings (SSSR count). The number of aromatic nitrogens is 2. The van der Waals surface area contributed by atoms with E-state index in [1.807, 2.05) is 34.2 Å². The summed E-state index contributed by atoms with van der Waals surface area (Å²) in [4.78, 5) is 20.0. The highest BCUT2D eigenvalue weighted by Gasteiger charge is 2.28. The number of hydrogen-bond acceptors (Lipinski definition) is 3. The van der Waals surface area contributed by atoms with Crippen LogP contribution in [0.15, 0.2) is 42.0 Å². The van der Waals surface area contributed by atoms with Gasteiger partial charge in [-0.25, -0.2) is 4.98 Å². The third kappa shape index (κ3) is 1.90. The quantitative estimate of drug-likeness (QED) is 0.680. The predicted molar refractivity (Wildman–Crippen MR) is 87.7 cm³/mol. The van der Waals surface area contributed by atoms with E-state index >= 15 is 0 Å². The van der Waals surface area contributed by atoms with Gasteiger partial charge in [0.15, 0.2) is 0 Å². The van der Waals surface area contributed by atoms with E-state index in [1.54, 1.807) is 35.7 Å². The van der Waals surface area contributed by atoms with Crippen LogP contribution in [0.3, 0.4) is 0 Å². The molecule has 0 aliphatic carbocycles. The number of imidazole rings is 1. The van der Waals surface area contributed by atoms with Gasteiger partial charge in [0.1, 0.15) is 12.0 Å². The van der Waals surface area contributed by atoms with Crippen LogP contribution in [0.5, 0.6) is 0 Å². The molecule has 3 heterocycles. The van der Waals surface area contributed by atoms with Gasteiger partial charge in [0.2, 0.25) is 0 Å². The lowest BCUT2D eigenvalue weighted by molar-refractivity contribution is 0.0788. The molecule has 0 spiro atoms. The van der Waals surface area contributed by atoms with Crippen molar-refractivity contribution >= 4 is 28.8 Å². The molecule has 1 amide bonds. The number of carbonyl (C=O) groups excluding carboxylic acids is 1. The Morgan fingerprint density at radius 1 is 1.27 bits per heavy atom. The minimum absolute atomic E-state index is 0.0681. The number of fused-ring (bicyclic) bond motifs is 3. The Morgan fingerprint density at radius 2 is 2.14 bits per heavy atom. The summed E-state index contributed by atoms with van der Waals surface area (Å²) in [5.74, 6) is -0.0681. The standard InChI is InChI=1S/C16H12ClN3OS/c1-19-8-12-15(13-6-3-7-22-13)18-9-20(12)11-5-2-4-10(17)14(11)16(19)21/h2-7,9H,8H2,1H3. The molecular formula is C16H12ClN3OS. The van der Waals surface area contributed by atoms with E-state index in [2.05, 4.69) is 4.98 Å². The first kappa shape index (κ1) is 13.5. The van der Waals surface area contributed by atoms with Crippen molar-refractivity contribution in [2.24, 2.45) is 0 Å². The van der Waals surface area contributed by atoms with Crippen LogP contribution in [0.25, 0.3) is 16.3 Å². The van der Waals surface area contributed by atoms with Crippen LogP contribution in [-0.4, -0.2) is 27.4 Å². The highest BCUT2D eigenvalue weighted by molar-refractivity contribution is 7.13. The Kier molecular flexibility index (Phi) is 3.06. The largest absolute Gasteiger partial charge is 0.336 e. The van der Waals surface area contributed by atoms with Crippen molar-refractivity contribution in [1.29, 1.82) is 0 Å². The molecule has 3 aromatic rings. The summed E-state index contributed by atoms with van der Waals surface area (Å²) in [6, 6.07) is 9.55. The highest BCUT2D eigenvalue weighted by Crippen LogP contribution is 2.34. The minimum atomic E-state index is -0.0681. The molecule has 6 heteroatoms. The summed E-state index contributed by atoms with van der Waals surface area (Å²) in [5.41, 5.74) is 3.23. The maximum absolute atomic E-state index is 12.6. The topological polar surface area (TPSA) is 38.1 Å². The molecule has 4 nitrogen and oxygen atoms in total. The van der Waals surface area contributed by atoms with E-state index in [0.29, 0.717) is 17.1 Å². The molecule has 1 aliphatic heterocycles. The molecule has 1 aliphatic rings. The third-order valence-corrected chi connectivity index (χ3v) is 5.01. The molecule has 0 bridgehead atoms. The van der Waals surface area contributed by atoms with Gasteiger partial charge in [-0.1, -0.05) is 23.7 Å². The van der Waals surface area contributed by atoms with Gasteiger partial charge in [0, 0.05) is 7.05 Å². The third-order valence-electron chi connectivity index (χ3n) is 3.82. The van der Waals surface area contributed by atoms with Gasteiger partial charge in [0.05, 0.1) is 33.4 Å². The first-order valence-corrected chi connectivity index (χ1v) is 8.07. The van der Waals surface area contributed by atoms with Crippen LogP contribution >= 0.6 is 22.9 Å². The van der Waals surface area contributed by atoms with Crippen LogP contribution in [0, 0.1) is 0 Å². The maximum Gasteiger partial charge on any atom is 0.257 e. The highest BCUT2D eigenvalue weighted by atomic mass is 35.5. The average Bonchev–Trinajstić information content (AvgIpc) is 3.13. The molecule has 110 valence electrons. The molecule has 0 fully saturated rings. The second kappa shape index (κ2) is 4.97. The van der Waals surface area contributed by atoms with Gasteiger partial charge in [-0.05, 0) is 23.6 Å². The molecule has 0 saturated carbocycles. The number of rotatable bonds is 1. The van der Waals surface area contributed by atoms with Crippen molar-refractivity contribution < 1.29 is 4.79 Å². The second-order valence-corrected chi connectivity index (χ2v) is 6.54. The van der Waals surface area contributed by atoms with E-state index in [0.717, 1.165) is 22.0 Å². The molecular weight excluding hydrogens is 318 g/mol. The Balaban J connectivity index is 2.01. The summed E-state index contributed by atoms with van der Waals surface area (Å²) in [6.07, 6.45) is 1.77. The molecule has 22 heavy (non-hydrogen) atoms. The fraction of sp³-hybridized carbons (Fsp3) is 0.125. The average molecular weight is 330 g/mol. The van der Waals surface area contributed by atoms with Crippen LogP contribution in [0.1, 0.15) is 16.1 Å². The van der Waals surface area contributed by atoms with Crippen LogP contribution in [0.4, 0.5) is 0 Å². The van der Waals surface area contributed by atoms with E-state index < -0.39 is 0 Å². The van der Waals surface area contributed by atoms with Gasteiger partial charge < -0.3 is 4.90 Å². The first-order valence-electron chi connectivity index (χ1n) is 6.81. The molecule has 2 aromatic heterocycles. The van der Waals surface area contributed by atoms with Crippen molar-refractivity contribution in [2.45, 2.75) is 6.54 Å². The summed E-state index contributed by atoms with van der Waals surface area (Å²) < 4.78 is 1.97.